The highest BCUT2D eigenvalue weighted by Crippen LogP contribution is 2.48. The Bertz CT molecular complexity index is 580. The van der Waals surface area contributed by atoms with Gasteiger partial charge in [0.1, 0.15) is 0 Å². The quantitative estimate of drug-likeness (QED) is 0.759. The molecule has 2 bridgehead atoms. The zero-order valence-corrected chi connectivity index (χ0v) is 12.0. The molecule has 0 radical (unpaired) electrons. The molecule has 0 unspecified atom stereocenters. The summed E-state index contributed by atoms with van der Waals surface area (Å²) >= 11 is 3.63. The first kappa shape index (κ1) is 11.0. The molecule has 3 aliphatic carbocycles. The van der Waals surface area contributed by atoms with Gasteiger partial charge in [0.15, 0.2) is 0 Å². The van der Waals surface area contributed by atoms with Crippen LogP contribution in [0.15, 0.2) is 28.9 Å². The summed E-state index contributed by atoms with van der Waals surface area (Å²) in [5.41, 5.74) is 1.44. The molecule has 3 fully saturated rings. The fourth-order valence-electron chi connectivity index (χ4n) is 3.82. The molecular weight excluding hydrogens is 288 g/mol. The lowest BCUT2D eigenvalue weighted by atomic mass is 9.66. The van der Waals surface area contributed by atoms with Crippen LogP contribution < -0.4 is 0 Å². The van der Waals surface area contributed by atoms with Crippen molar-refractivity contribution in [3.63, 3.8) is 0 Å². The van der Waals surface area contributed by atoms with E-state index in [0.717, 1.165) is 15.9 Å². The molecule has 0 atom stereocenters. The van der Waals surface area contributed by atoms with Gasteiger partial charge in [-0.2, -0.15) is 5.10 Å². The minimum atomic E-state index is 0.327. The number of hydrogen-bond acceptors (Lipinski definition) is 1. The van der Waals surface area contributed by atoms with Crippen LogP contribution in [0.5, 0.6) is 0 Å². The Morgan fingerprint density at radius 1 is 1.17 bits per heavy atom. The van der Waals surface area contributed by atoms with Crippen molar-refractivity contribution < 1.29 is 0 Å². The number of benzene rings is 1. The predicted molar refractivity (Wildman–Crippen MR) is 76.6 cm³/mol. The Morgan fingerprint density at radius 2 is 1.89 bits per heavy atom. The van der Waals surface area contributed by atoms with Gasteiger partial charge in [0.05, 0.1) is 11.1 Å². The van der Waals surface area contributed by atoms with Crippen molar-refractivity contribution in [1.29, 1.82) is 0 Å². The van der Waals surface area contributed by atoms with Gasteiger partial charge in [-0.05, 0) is 56.6 Å². The molecule has 94 valence electrons. The molecular formula is C15H17BrN2. The number of aromatic nitrogens is 2. The largest absolute Gasteiger partial charge is 0.265 e. The van der Waals surface area contributed by atoms with Crippen LogP contribution in [0, 0.1) is 5.92 Å². The summed E-state index contributed by atoms with van der Waals surface area (Å²) in [5.74, 6) is 1.00. The third-order valence-electron chi connectivity index (χ3n) is 5.04. The zero-order valence-electron chi connectivity index (χ0n) is 10.4. The van der Waals surface area contributed by atoms with Crippen molar-refractivity contribution in [2.45, 2.75) is 44.1 Å². The number of nitrogens with zero attached hydrogens (tertiary/aromatic N) is 2. The summed E-state index contributed by atoms with van der Waals surface area (Å²) in [4.78, 5) is 0. The zero-order chi connectivity index (χ0) is 12.2. The van der Waals surface area contributed by atoms with Crippen LogP contribution in [-0.2, 0) is 5.54 Å². The number of halogens is 1. The van der Waals surface area contributed by atoms with Crippen LogP contribution in [0.4, 0.5) is 0 Å². The predicted octanol–water partition coefficient (Wildman–Crippen LogP) is 4.48. The summed E-state index contributed by atoms with van der Waals surface area (Å²) < 4.78 is 3.45. The van der Waals surface area contributed by atoms with Crippen LogP contribution in [0.25, 0.3) is 10.9 Å². The molecule has 2 aromatic rings. The lowest BCUT2D eigenvalue weighted by molar-refractivity contribution is 0.0636. The fraction of sp³-hybridized carbons (Fsp3) is 0.533. The maximum Gasteiger partial charge on any atom is 0.0934 e. The number of fused-ring (bicyclic) bond motifs is 4. The maximum absolute atomic E-state index is 4.85. The van der Waals surface area contributed by atoms with Crippen LogP contribution in [0.3, 0.4) is 0 Å². The average Bonchev–Trinajstić information content (AvgIpc) is 2.87. The Morgan fingerprint density at radius 3 is 2.56 bits per heavy atom. The van der Waals surface area contributed by atoms with Crippen molar-refractivity contribution >= 4 is 26.8 Å². The van der Waals surface area contributed by atoms with Crippen molar-refractivity contribution in [3.05, 3.63) is 28.9 Å². The molecule has 0 saturated heterocycles. The SMILES string of the molecule is Brc1cccc2nn(C34CCC(CC3)CC4)cc12. The Hall–Kier alpha value is -0.830. The van der Waals surface area contributed by atoms with Gasteiger partial charge in [-0.3, -0.25) is 4.68 Å². The van der Waals surface area contributed by atoms with E-state index in [2.05, 4.69) is 45.0 Å². The van der Waals surface area contributed by atoms with E-state index in [1.807, 2.05) is 0 Å². The van der Waals surface area contributed by atoms with Gasteiger partial charge in [-0.15, -0.1) is 0 Å². The first-order chi connectivity index (χ1) is 8.77. The fourth-order valence-corrected chi connectivity index (χ4v) is 4.28. The van der Waals surface area contributed by atoms with E-state index in [1.165, 1.54) is 43.9 Å². The normalized spacial score (nSPS) is 31.1. The molecule has 3 heteroatoms. The summed E-state index contributed by atoms with van der Waals surface area (Å²) in [7, 11) is 0. The van der Waals surface area contributed by atoms with E-state index in [0.29, 0.717) is 5.54 Å². The second-order valence-corrected chi connectivity index (χ2v) is 6.81. The molecule has 3 saturated carbocycles. The van der Waals surface area contributed by atoms with Gasteiger partial charge in [-0.25, -0.2) is 0 Å². The number of rotatable bonds is 1. The highest BCUT2D eigenvalue weighted by atomic mass is 79.9. The summed E-state index contributed by atoms with van der Waals surface area (Å²) in [6, 6.07) is 6.28. The monoisotopic (exact) mass is 304 g/mol. The summed E-state index contributed by atoms with van der Waals surface area (Å²) in [6.07, 6.45) is 10.4. The van der Waals surface area contributed by atoms with E-state index in [-0.39, 0.29) is 0 Å². The van der Waals surface area contributed by atoms with Crippen molar-refractivity contribution in [2.75, 3.05) is 0 Å². The van der Waals surface area contributed by atoms with Gasteiger partial charge < -0.3 is 0 Å². The molecule has 1 heterocycles. The molecule has 3 aliphatic rings. The van der Waals surface area contributed by atoms with E-state index in [1.54, 1.807) is 0 Å². The first-order valence-corrected chi connectivity index (χ1v) is 7.71. The molecule has 0 N–H and O–H groups in total. The second-order valence-electron chi connectivity index (χ2n) is 5.95. The van der Waals surface area contributed by atoms with Gasteiger partial charge in [0.25, 0.3) is 0 Å². The highest BCUT2D eigenvalue weighted by molar-refractivity contribution is 9.10. The number of hydrogen-bond donors (Lipinski definition) is 0. The average molecular weight is 305 g/mol. The Balaban J connectivity index is 1.84. The Labute approximate surface area is 115 Å². The Kier molecular flexibility index (Phi) is 2.35. The van der Waals surface area contributed by atoms with Crippen LogP contribution in [0.2, 0.25) is 0 Å². The summed E-state index contributed by atoms with van der Waals surface area (Å²) in [5, 5.41) is 6.10. The molecule has 0 aliphatic heterocycles. The molecule has 0 amide bonds. The molecule has 18 heavy (non-hydrogen) atoms. The topological polar surface area (TPSA) is 17.8 Å². The highest BCUT2D eigenvalue weighted by Gasteiger charge is 2.42. The van der Waals surface area contributed by atoms with E-state index in [4.69, 9.17) is 5.10 Å². The summed E-state index contributed by atoms with van der Waals surface area (Å²) in [6.45, 7) is 0. The molecule has 5 rings (SSSR count). The van der Waals surface area contributed by atoms with Crippen molar-refractivity contribution in [2.24, 2.45) is 5.92 Å². The lowest BCUT2D eigenvalue weighted by Gasteiger charge is -2.46. The van der Waals surface area contributed by atoms with Crippen molar-refractivity contribution in [3.8, 4) is 0 Å². The van der Waals surface area contributed by atoms with E-state index >= 15 is 0 Å². The van der Waals surface area contributed by atoms with E-state index in [9.17, 15) is 0 Å². The van der Waals surface area contributed by atoms with Crippen molar-refractivity contribution in [1.82, 2.24) is 9.78 Å². The standard InChI is InChI=1S/C15H17BrN2/c16-13-2-1-3-14-12(13)10-18(17-14)15-7-4-11(5-8-15)6-9-15/h1-3,10-11H,4-9H2. The van der Waals surface area contributed by atoms with Crippen LogP contribution in [-0.4, -0.2) is 9.78 Å². The van der Waals surface area contributed by atoms with E-state index < -0.39 is 0 Å². The lowest BCUT2D eigenvalue weighted by Crippen LogP contribution is -2.42. The van der Waals surface area contributed by atoms with Gasteiger partial charge in [-0.1, -0.05) is 22.0 Å². The molecule has 2 nitrogen and oxygen atoms in total. The minimum Gasteiger partial charge on any atom is -0.265 e. The van der Waals surface area contributed by atoms with Crippen LogP contribution in [0.1, 0.15) is 38.5 Å². The van der Waals surface area contributed by atoms with Gasteiger partial charge in [0, 0.05) is 16.1 Å². The third kappa shape index (κ3) is 1.49. The van der Waals surface area contributed by atoms with Gasteiger partial charge >= 0.3 is 0 Å². The van der Waals surface area contributed by atoms with Crippen LogP contribution >= 0.6 is 15.9 Å². The third-order valence-corrected chi connectivity index (χ3v) is 5.73. The minimum absolute atomic E-state index is 0.327. The molecule has 0 spiro atoms. The first-order valence-electron chi connectivity index (χ1n) is 6.91. The molecule has 1 aromatic carbocycles. The molecule has 1 aromatic heterocycles. The smallest absolute Gasteiger partial charge is 0.0934 e. The second kappa shape index (κ2) is 3.83. The maximum atomic E-state index is 4.85. The van der Waals surface area contributed by atoms with Gasteiger partial charge in [0.2, 0.25) is 0 Å².